The van der Waals surface area contributed by atoms with Gasteiger partial charge in [-0.2, -0.15) is 5.10 Å². The maximum absolute atomic E-state index is 12.4. The fourth-order valence-electron chi connectivity index (χ4n) is 2.95. The van der Waals surface area contributed by atoms with Crippen molar-refractivity contribution in [1.29, 1.82) is 0 Å². The highest BCUT2D eigenvalue weighted by molar-refractivity contribution is 6.30. The number of nitrogens with zero attached hydrogens (tertiary/aromatic N) is 3. The monoisotopic (exact) mass is 348 g/mol. The first-order valence-corrected chi connectivity index (χ1v) is 8.46. The van der Waals surface area contributed by atoms with Gasteiger partial charge in [-0.25, -0.2) is 4.79 Å². The highest BCUT2D eigenvalue weighted by Crippen LogP contribution is 2.19. The predicted molar refractivity (Wildman–Crippen MR) is 92.0 cm³/mol. The van der Waals surface area contributed by atoms with Crippen molar-refractivity contribution in [2.45, 2.75) is 25.0 Å². The van der Waals surface area contributed by atoms with Crippen LogP contribution in [0, 0.1) is 0 Å². The molecule has 0 bridgehead atoms. The Bertz CT molecular complexity index is 660. The molecule has 2 atom stereocenters. The predicted octanol–water partition coefficient (Wildman–Crippen LogP) is 2.29. The molecule has 1 aromatic heterocycles. The van der Waals surface area contributed by atoms with E-state index in [0.29, 0.717) is 24.7 Å². The lowest BCUT2D eigenvalue weighted by Gasteiger charge is -2.30. The second-order valence-corrected chi connectivity index (χ2v) is 6.42. The van der Waals surface area contributed by atoms with Crippen molar-refractivity contribution in [3.8, 4) is 0 Å². The van der Waals surface area contributed by atoms with E-state index in [4.69, 9.17) is 11.6 Å². The van der Waals surface area contributed by atoms with Gasteiger partial charge in [0.25, 0.3) is 0 Å². The van der Waals surface area contributed by atoms with Crippen molar-refractivity contribution in [2.24, 2.45) is 0 Å². The molecule has 1 fully saturated rings. The number of β-amino-alcohol motifs (C(OH)–C–C–N with tert-alkyl or cyclic N) is 1. The van der Waals surface area contributed by atoms with Crippen molar-refractivity contribution < 1.29 is 9.90 Å². The van der Waals surface area contributed by atoms with E-state index in [1.54, 1.807) is 11.1 Å². The molecule has 6 nitrogen and oxygen atoms in total. The number of nitrogens with one attached hydrogen (secondary N) is 1. The van der Waals surface area contributed by atoms with Crippen LogP contribution >= 0.6 is 11.6 Å². The number of hydrogen-bond donors (Lipinski definition) is 2. The topological polar surface area (TPSA) is 70.4 Å². The van der Waals surface area contributed by atoms with Crippen LogP contribution in [0.25, 0.3) is 0 Å². The van der Waals surface area contributed by atoms with Crippen LogP contribution in [-0.4, -0.2) is 51.6 Å². The third-order valence-electron chi connectivity index (χ3n) is 4.23. The summed E-state index contributed by atoms with van der Waals surface area (Å²) in [7, 11) is 0. The summed E-state index contributed by atoms with van der Waals surface area (Å²) in [5.74, 6) is 0. The first kappa shape index (κ1) is 16.8. The van der Waals surface area contributed by atoms with Crippen LogP contribution in [0.15, 0.2) is 42.7 Å². The van der Waals surface area contributed by atoms with Crippen LogP contribution in [0.1, 0.15) is 24.4 Å². The van der Waals surface area contributed by atoms with Gasteiger partial charge in [0.15, 0.2) is 0 Å². The van der Waals surface area contributed by atoms with Gasteiger partial charge in [-0.3, -0.25) is 4.68 Å². The van der Waals surface area contributed by atoms with E-state index in [1.165, 1.54) is 0 Å². The molecule has 24 heavy (non-hydrogen) atoms. The molecule has 7 heteroatoms. The molecule has 2 aromatic rings. The van der Waals surface area contributed by atoms with Crippen molar-refractivity contribution in [3.05, 3.63) is 53.3 Å². The van der Waals surface area contributed by atoms with E-state index < -0.39 is 6.10 Å². The quantitative estimate of drug-likeness (QED) is 0.890. The van der Waals surface area contributed by atoms with Crippen molar-refractivity contribution in [3.63, 3.8) is 0 Å². The molecule has 2 heterocycles. The zero-order chi connectivity index (χ0) is 16.9. The molecular formula is C17H21ClN4O2. The number of carbonyl (C=O) groups excluding carboxylic acids is 1. The SMILES string of the molecule is O=C(NC[C@H](c1ccc(Cl)cc1)n1cccn1)N1CCC[C@H](O)C1. The summed E-state index contributed by atoms with van der Waals surface area (Å²) >= 11 is 5.96. The summed E-state index contributed by atoms with van der Waals surface area (Å²) in [6, 6.07) is 9.12. The zero-order valence-electron chi connectivity index (χ0n) is 13.3. The highest BCUT2D eigenvalue weighted by atomic mass is 35.5. The van der Waals surface area contributed by atoms with E-state index >= 15 is 0 Å². The fraction of sp³-hybridized carbons (Fsp3) is 0.412. The number of piperidine rings is 1. The number of hydrogen-bond acceptors (Lipinski definition) is 3. The Balaban J connectivity index is 1.68. The molecule has 2 N–H and O–H groups in total. The van der Waals surface area contributed by atoms with E-state index in [1.807, 2.05) is 41.2 Å². The van der Waals surface area contributed by atoms with E-state index in [9.17, 15) is 9.90 Å². The molecular weight excluding hydrogens is 328 g/mol. The minimum atomic E-state index is -0.428. The lowest BCUT2D eigenvalue weighted by molar-refractivity contribution is 0.0841. The number of carbonyl (C=O) groups is 1. The number of benzene rings is 1. The van der Waals surface area contributed by atoms with Crippen LogP contribution in [0.3, 0.4) is 0 Å². The lowest BCUT2D eigenvalue weighted by atomic mass is 10.1. The Morgan fingerprint density at radius 1 is 1.42 bits per heavy atom. The third-order valence-corrected chi connectivity index (χ3v) is 4.48. The molecule has 0 unspecified atom stereocenters. The normalized spacial score (nSPS) is 19.1. The first-order valence-electron chi connectivity index (χ1n) is 8.09. The van der Waals surface area contributed by atoms with Crippen LogP contribution in [0.2, 0.25) is 5.02 Å². The first-order chi connectivity index (χ1) is 11.6. The molecule has 0 spiro atoms. The standard InChI is InChI=1S/C17H21ClN4O2/c18-14-6-4-13(5-7-14)16(22-10-2-8-20-22)11-19-17(24)21-9-1-3-15(23)12-21/h2,4-8,10,15-16,23H,1,3,9,11-12H2,(H,19,24)/t15-,16+/m0/s1. The maximum Gasteiger partial charge on any atom is 0.317 e. The number of aromatic nitrogens is 2. The minimum absolute atomic E-state index is 0.115. The summed E-state index contributed by atoms with van der Waals surface area (Å²) in [4.78, 5) is 14.0. The summed E-state index contributed by atoms with van der Waals surface area (Å²) in [5, 5.41) is 17.6. The minimum Gasteiger partial charge on any atom is -0.391 e. The molecule has 1 aliphatic rings. The number of rotatable bonds is 4. The molecule has 0 aliphatic carbocycles. The molecule has 128 valence electrons. The van der Waals surface area contributed by atoms with Crippen LogP contribution in [0.4, 0.5) is 4.79 Å². The van der Waals surface area contributed by atoms with Crippen LogP contribution in [0.5, 0.6) is 0 Å². The Kier molecular flexibility index (Phi) is 5.37. The second kappa shape index (κ2) is 7.68. The van der Waals surface area contributed by atoms with Gasteiger partial charge in [-0.1, -0.05) is 23.7 Å². The number of aliphatic hydroxyl groups is 1. The summed E-state index contributed by atoms with van der Waals surface area (Å²) in [6.07, 6.45) is 4.74. The molecule has 1 saturated heterocycles. The van der Waals surface area contributed by atoms with Gasteiger partial charge >= 0.3 is 6.03 Å². The molecule has 1 aromatic carbocycles. The van der Waals surface area contributed by atoms with E-state index in [0.717, 1.165) is 18.4 Å². The largest absolute Gasteiger partial charge is 0.391 e. The van der Waals surface area contributed by atoms with Crippen molar-refractivity contribution >= 4 is 17.6 Å². The Morgan fingerprint density at radius 3 is 2.88 bits per heavy atom. The average molecular weight is 349 g/mol. The van der Waals surface area contributed by atoms with Gasteiger partial charge in [0.2, 0.25) is 0 Å². The van der Waals surface area contributed by atoms with E-state index in [2.05, 4.69) is 10.4 Å². The van der Waals surface area contributed by atoms with Gasteiger partial charge < -0.3 is 15.3 Å². The third kappa shape index (κ3) is 4.07. The molecule has 0 saturated carbocycles. The van der Waals surface area contributed by atoms with Crippen molar-refractivity contribution in [2.75, 3.05) is 19.6 Å². The molecule has 0 radical (unpaired) electrons. The van der Waals surface area contributed by atoms with Gasteiger partial charge in [-0.15, -0.1) is 0 Å². The maximum atomic E-state index is 12.4. The van der Waals surface area contributed by atoms with Crippen LogP contribution < -0.4 is 5.32 Å². The zero-order valence-corrected chi connectivity index (χ0v) is 14.1. The second-order valence-electron chi connectivity index (χ2n) is 5.98. The highest BCUT2D eigenvalue weighted by Gasteiger charge is 2.23. The summed E-state index contributed by atoms with van der Waals surface area (Å²) < 4.78 is 1.81. The summed E-state index contributed by atoms with van der Waals surface area (Å²) in [6.45, 7) is 1.48. The lowest BCUT2D eigenvalue weighted by Crippen LogP contribution is -2.48. The number of halogens is 1. The van der Waals surface area contributed by atoms with Gasteiger partial charge in [0.05, 0.1) is 12.1 Å². The summed E-state index contributed by atoms with van der Waals surface area (Å²) in [5.41, 5.74) is 1.02. The molecule has 3 rings (SSSR count). The average Bonchev–Trinajstić information content (AvgIpc) is 3.11. The number of likely N-dealkylation sites (tertiary alicyclic amines) is 1. The Hall–Kier alpha value is -2.05. The van der Waals surface area contributed by atoms with E-state index in [-0.39, 0.29) is 12.1 Å². The Morgan fingerprint density at radius 2 is 2.21 bits per heavy atom. The van der Waals surface area contributed by atoms with Gasteiger partial charge in [0, 0.05) is 37.1 Å². The van der Waals surface area contributed by atoms with Gasteiger partial charge in [-0.05, 0) is 36.6 Å². The number of amides is 2. The molecule has 2 amide bonds. The van der Waals surface area contributed by atoms with Crippen molar-refractivity contribution in [1.82, 2.24) is 20.0 Å². The molecule has 1 aliphatic heterocycles. The smallest absolute Gasteiger partial charge is 0.317 e. The Labute approximate surface area is 146 Å². The van der Waals surface area contributed by atoms with Crippen LogP contribution in [-0.2, 0) is 0 Å². The number of urea groups is 1. The van der Waals surface area contributed by atoms with Gasteiger partial charge in [0.1, 0.15) is 0 Å². The fourth-order valence-corrected chi connectivity index (χ4v) is 3.08. The number of aliphatic hydroxyl groups excluding tert-OH is 1.